The molecule has 18 heavy (non-hydrogen) atoms. The number of carbonyl (C=O) groups excluding carboxylic acids is 2. The highest BCUT2D eigenvalue weighted by atomic mass is 16.6. The Kier molecular flexibility index (Phi) is 2.77. The van der Waals surface area contributed by atoms with Crippen molar-refractivity contribution in [1.82, 2.24) is 0 Å². The molecule has 2 unspecified atom stereocenters. The normalized spacial score (nSPS) is 38.7. The van der Waals surface area contributed by atoms with E-state index in [1.165, 1.54) is 12.7 Å². The van der Waals surface area contributed by atoms with Crippen LogP contribution in [0.15, 0.2) is 11.6 Å². The smallest absolute Gasteiger partial charge is 0.316 e. The molecule has 4 nitrogen and oxygen atoms in total. The molecule has 1 saturated heterocycles. The fourth-order valence-corrected chi connectivity index (χ4v) is 3.55. The second kappa shape index (κ2) is 4.19. The van der Waals surface area contributed by atoms with E-state index in [0.29, 0.717) is 13.0 Å². The van der Waals surface area contributed by atoms with Gasteiger partial charge < -0.3 is 9.47 Å². The van der Waals surface area contributed by atoms with Crippen LogP contribution in [0.3, 0.4) is 0 Å². The van der Waals surface area contributed by atoms with Crippen LogP contribution in [0.1, 0.15) is 32.1 Å². The fraction of sp³-hybridized carbons (Fsp3) is 0.714. The minimum absolute atomic E-state index is 0.0197. The Bertz CT molecular complexity index is 420. The number of rotatable bonds is 1. The van der Waals surface area contributed by atoms with Gasteiger partial charge in [-0.15, -0.1) is 0 Å². The molecule has 3 atom stereocenters. The zero-order valence-corrected chi connectivity index (χ0v) is 10.6. The number of ketones is 1. The van der Waals surface area contributed by atoms with Gasteiger partial charge in [0.15, 0.2) is 0 Å². The quantitative estimate of drug-likeness (QED) is 0.307. The molecule has 98 valence electrons. The molecule has 2 bridgehead atoms. The third kappa shape index (κ3) is 1.62. The summed E-state index contributed by atoms with van der Waals surface area (Å²) in [5.41, 5.74) is 0.923. The molecule has 4 heteroatoms. The SMILES string of the molecule is COC(=O)[C@@H]1C(=O)CCC2=CCCCC1C21CO1. The minimum Gasteiger partial charge on any atom is -0.468 e. The number of Topliss-reactive ketones (excluding diaryl/α,β-unsaturated/α-hetero) is 1. The molecule has 2 fully saturated rings. The Balaban J connectivity index is 2.02. The molecule has 2 aliphatic carbocycles. The molecule has 3 aliphatic rings. The van der Waals surface area contributed by atoms with E-state index in [2.05, 4.69) is 6.08 Å². The lowest BCUT2D eigenvalue weighted by Gasteiger charge is -2.26. The van der Waals surface area contributed by atoms with Crippen LogP contribution in [0.25, 0.3) is 0 Å². The first-order valence-corrected chi connectivity index (χ1v) is 6.63. The Morgan fingerprint density at radius 3 is 2.94 bits per heavy atom. The molecule has 0 radical (unpaired) electrons. The highest BCUT2D eigenvalue weighted by Crippen LogP contribution is 2.53. The minimum atomic E-state index is -0.624. The maximum Gasteiger partial charge on any atom is 0.316 e. The van der Waals surface area contributed by atoms with Crippen molar-refractivity contribution >= 4 is 11.8 Å². The summed E-state index contributed by atoms with van der Waals surface area (Å²) in [5, 5.41) is 0. The van der Waals surface area contributed by atoms with Crippen LogP contribution in [0.5, 0.6) is 0 Å². The van der Waals surface area contributed by atoms with Crippen LogP contribution in [0, 0.1) is 11.8 Å². The summed E-state index contributed by atoms with van der Waals surface area (Å²) in [7, 11) is 1.36. The zero-order chi connectivity index (χ0) is 12.8. The summed E-state index contributed by atoms with van der Waals surface area (Å²) < 4.78 is 10.5. The number of allylic oxidation sites excluding steroid dienone is 1. The number of epoxide rings is 1. The zero-order valence-electron chi connectivity index (χ0n) is 10.6. The largest absolute Gasteiger partial charge is 0.468 e. The second-order valence-corrected chi connectivity index (χ2v) is 5.41. The third-order valence-electron chi connectivity index (χ3n) is 4.55. The predicted octanol–water partition coefficient (Wildman–Crippen LogP) is 1.63. The van der Waals surface area contributed by atoms with Crippen molar-refractivity contribution in [3.8, 4) is 0 Å². The Hall–Kier alpha value is -1.16. The number of esters is 1. The van der Waals surface area contributed by atoms with Gasteiger partial charge >= 0.3 is 5.97 Å². The van der Waals surface area contributed by atoms with Crippen LogP contribution in [0.4, 0.5) is 0 Å². The van der Waals surface area contributed by atoms with E-state index < -0.39 is 5.92 Å². The molecule has 3 rings (SSSR count). The van der Waals surface area contributed by atoms with Gasteiger partial charge in [-0.05, 0) is 31.3 Å². The molecule has 1 aliphatic heterocycles. The van der Waals surface area contributed by atoms with Gasteiger partial charge in [0.25, 0.3) is 0 Å². The van der Waals surface area contributed by atoms with E-state index in [1.54, 1.807) is 0 Å². The van der Waals surface area contributed by atoms with Crippen molar-refractivity contribution in [3.05, 3.63) is 11.6 Å². The number of hydrogen-bond acceptors (Lipinski definition) is 4. The lowest BCUT2D eigenvalue weighted by atomic mass is 9.77. The highest BCUT2D eigenvalue weighted by Gasteiger charge is 2.60. The summed E-state index contributed by atoms with van der Waals surface area (Å²) in [5.74, 6) is -1.01. The average molecular weight is 250 g/mol. The number of carbonyl (C=O) groups is 2. The first-order valence-electron chi connectivity index (χ1n) is 6.63. The summed E-state index contributed by atoms with van der Waals surface area (Å²) in [6.07, 6.45) is 6.31. The molecule has 1 spiro atoms. The van der Waals surface area contributed by atoms with E-state index in [1.807, 2.05) is 0 Å². The molecule has 0 amide bonds. The molecule has 0 aromatic carbocycles. The van der Waals surface area contributed by atoms with Crippen molar-refractivity contribution in [2.75, 3.05) is 13.7 Å². The topological polar surface area (TPSA) is 55.9 Å². The summed E-state index contributed by atoms with van der Waals surface area (Å²) in [6, 6.07) is 0. The molecule has 1 heterocycles. The summed E-state index contributed by atoms with van der Waals surface area (Å²) in [6.45, 7) is 0.657. The van der Waals surface area contributed by atoms with Crippen molar-refractivity contribution in [1.29, 1.82) is 0 Å². The monoisotopic (exact) mass is 250 g/mol. The Labute approximate surface area is 106 Å². The van der Waals surface area contributed by atoms with Crippen molar-refractivity contribution in [3.63, 3.8) is 0 Å². The van der Waals surface area contributed by atoms with Crippen molar-refractivity contribution in [2.45, 2.75) is 37.7 Å². The van der Waals surface area contributed by atoms with Crippen molar-refractivity contribution < 1.29 is 19.1 Å². The number of ether oxygens (including phenoxy) is 2. The summed E-state index contributed by atoms with van der Waals surface area (Å²) in [4.78, 5) is 24.1. The standard InChI is InChI=1S/C14H18O4/c1-17-13(16)12-10-5-3-2-4-9(6-7-11(12)15)14(10)8-18-14/h4,10,12H,2-3,5-8H2,1H3/t10?,12-,14?/m0/s1. The Morgan fingerprint density at radius 2 is 2.28 bits per heavy atom. The maximum atomic E-state index is 12.2. The number of hydrogen-bond donors (Lipinski definition) is 0. The van der Waals surface area contributed by atoms with Crippen LogP contribution in [-0.4, -0.2) is 31.1 Å². The van der Waals surface area contributed by atoms with Crippen molar-refractivity contribution in [2.24, 2.45) is 11.8 Å². The first-order chi connectivity index (χ1) is 8.69. The predicted molar refractivity (Wildman–Crippen MR) is 63.9 cm³/mol. The van der Waals surface area contributed by atoms with E-state index in [-0.39, 0.29) is 23.3 Å². The van der Waals surface area contributed by atoms with Gasteiger partial charge in [-0.2, -0.15) is 0 Å². The van der Waals surface area contributed by atoms with Gasteiger partial charge in [0.1, 0.15) is 17.3 Å². The van der Waals surface area contributed by atoms with Gasteiger partial charge in [-0.3, -0.25) is 9.59 Å². The summed E-state index contributed by atoms with van der Waals surface area (Å²) >= 11 is 0. The van der Waals surface area contributed by atoms with E-state index in [0.717, 1.165) is 25.7 Å². The molecule has 1 saturated carbocycles. The maximum absolute atomic E-state index is 12.2. The molecule has 0 N–H and O–H groups in total. The van der Waals surface area contributed by atoms with Crippen LogP contribution in [0.2, 0.25) is 0 Å². The lowest BCUT2D eigenvalue weighted by molar-refractivity contribution is -0.152. The van der Waals surface area contributed by atoms with Crippen LogP contribution < -0.4 is 0 Å². The molecule has 0 aromatic heterocycles. The lowest BCUT2D eigenvalue weighted by Crippen LogP contribution is -2.38. The van der Waals surface area contributed by atoms with Gasteiger partial charge in [-0.1, -0.05) is 6.08 Å². The van der Waals surface area contributed by atoms with E-state index in [9.17, 15) is 9.59 Å². The van der Waals surface area contributed by atoms with E-state index >= 15 is 0 Å². The van der Waals surface area contributed by atoms with Gasteiger partial charge in [0.05, 0.1) is 13.7 Å². The third-order valence-corrected chi connectivity index (χ3v) is 4.55. The fourth-order valence-electron chi connectivity index (χ4n) is 3.55. The van der Waals surface area contributed by atoms with Gasteiger partial charge in [-0.25, -0.2) is 0 Å². The Morgan fingerprint density at radius 1 is 1.50 bits per heavy atom. The average Bonchev–Trinajstić information content (AvgIpc) is 3.19. The first kappa shape index (κ1) is 11.9. The van der Waals surface area contributed by atoms with Crippen LogP contribution in [-0.2, 0) is 19.1 Å². The molecular weight excluding hydrogens is 232 g/mol. The van der Waals surface area contributed by atoms with E-state index in [4.69, 9.17) is 9.47 Å². The second-order valence-electron chi connectivity index (χ2n) is 5.41. The highest BCUT2D eigenvalue weighted by molar-refractivity contribution is 6.00. The number of methoxy groups -OCH3 is 1. The van der Waals surface area contributed by atoms with Gasteiger partial charge in [0, 0.05) is 12.3 Å². The van der Waals surface area contributed by atoms with Gasteiger partial charge in [0.2, 0.25) is 0 Å². The van der Waals surface area contributed by atoms with Crippen LogP contribution >= 0.6 is 0 Å². The molecular formula is C14H18O4. The molecule has 0 aromatic rings.